The third-order valence-corrected chi connectivity index (χ3v) is 4.03. The fourth-order valence-corrected chi connectivity index (χ4v) is 2.97. The Labute approximate surface area is 112 Å². The van der Waals surface area contributed by atoms with Gasteiger partial charge < -0.3 is 9.84 Å². The van der Waals surface area contributed by atoms with Crippen LogP contribution in [0.2, 0.25) is 0 Å². The fourth-order valence-electron chi connectivity index (χ4n) is 2.97. The van der Waals surface area contributed by atoms with Crippen molar-refractivity contribution in [3.05, 3.63) is 36.4 Å². The van der Waals surface area contributed by atoms with Crippen molar-refractivity contribution in [2.75, 3.05) is 12.0 Å². The van der Waals surface area contributed by atoms with Crippen LogP contribution in [0.5, 0.6) is 5.75 Å². The standard InChI is InChI=1S/C15H17NO3/c1-19-11-8-6-10(7-9-11)16-14(17)12-4-2-3-5-13(12)15(16)18/h2-3,6-9,12-14,17H,4-5H2,1H3/t12-,13+,14?/m1/s1. The molecule has 1 aliphatic heterocycles. The molecule has 1 amide bonds. The molecular weight excluding hydrogens is 242 g/mol. The molecule has 19 heavy (non-hydrogen) atoms. The van der Waals surface area contributed by atoms with Gasteiger partial charge in [0, 0.05) is 17.5 Å². The molecule has 4 heteroatoms. The number of nitrogens with zero attached hydrogens (tertiary/aromatic N) is 1. The second kappa shape index (κ2) is 4.70. The number of hydrogen-bond donors (Lipinski definition) is 1. The predicted molar refractivity (Wildman–Crippen MR) is 71.8 cm³/mol. The van der Waals surface area contributed by atoms with Crippen molar-refractivity contribution >= 4 is 11.6 Å². The summed E-state index contributed by atoms with van der Waals surface area (Å²) in [6.07, 6.45) is 4.85. The maximum absolute atomic E-state index is 12.4. The summed E-state index contributed by atoms with van der Waals surface area (Å²) in [7, 11) is 1.60. The van der Waals surface area contributed by atoms with E-state index in [2.05, 4.69) is 6.08 Å². The second-order valence-corrected chi connectivity index (χ2v) is 5.03. The van der Waals surface area contributed by atoms with Crippen molar-refractivity contribution in [2.24, 2.45) is 11.8 Å². The average molecular weight is 259 g/mol. The molecule has 0 saturated carbocycles. The van der Waals surface area contributed by atoms with E-state index in [9.17, 15) is 9.90 Å². The Hall–Kier alpha value is -1.81. The number of fused-ring (bicyclic) bond motifs is 1. The highest BCUT2D eigenvalue weighted by molar-refractivity contribution is 5.98. The first kappa shape index (κ1) is 12.2. The molecule has 0 spiro atoms. The van der Waals surface area contributed by atoms with Crippen LogP contribution < -0.4 is 9.64 Å². The van der Waals surface area contributed by atoms with Crippen LogP contribution in [0, 0.1) is 11.8 Å². The summed E-state index contributed by atoms with van der Waals surface area (Å²) in [5.41, 5.74) is 0.729. The summed E-state index contributed by atoms with van der Waals surface area (Å²) >= 11 is 0. The Bertz CT molecular complexity index is 509. The summed E-state index contributed by atoms with van der Waals surface area (Å²) in [5.74, 6) is 0.692. The van der Waals surface area contributed by atoms with Gasteiger partial charge in [-0.05, 0) is 37.1 Å². The number of amides is 1. The van der Waals surface area contributed by atoms with Crippen LogP contribution in [0.15, 0.2) is 36.4 Å². The first-order valence-corrected chi connectivity index (χ1v) is 6.52. The molecule has 3 atom stereocenters. The minimum Gasteiger partial charge on any atom is -0.497 e. The highest BCUT2D eigenvalue weighted by atomic mass is 16.5. The van der Waals surface area contributed by atoms with Crippen molar-refractivity contribution in [3.8, 4) is 5.75 Å². The molecule has 1 unspecified atom stereocenters. The summed E-state index contributed by atoms with van der Waals surface area (Å²) in [5, 5.41) is 10.4. The molecule has 2 aliphatic rings. The van der Waals surface area contributed by atoms with Gasteiger partial charge in [-0.15, -0.1) is 0 Å². The van der Waals surface area contributed by atoms with Crippen LogP contribution in [0.4, 0.5) is 5.69 Å². The number of carbonyl (C=O) groups excluding carboxylic acids is 1. The zero-order valence-corrected chi connectivity index (χ0v) is 10.8. The van der Waals surface area contributed by atoms with Crippen LogP contribution in [0.25, 0.3) is 0 Å². The smallest absolute Gasteiger partial charge is 0.232 e. The van der Waals surface area contributed by atoms with Gasteiger partial charge in [-0.2, -0.15) is 0 Å². The number of ether oxygens (including phenoxy) is 1. The molecule has 1 aromatic carbocycles. The Morgan fingerprint density at radius 1 is 1.21 bits per heavy atom. The number of aliphatic hydroxyl groups excluding tert-OH is 1. The van der Waals surface area contributed by atoms with E-state index in [0.29, 0.717) is 0 Å². The van der Waals surface area contributed by atoms with Crippen molar-refractivity contribution in [1.29, 1.82) is 0 Å². The largest absolute Gasteiger partial charge is 0.497 e. The molecule has 1 fully saturated rings. The third-order valence-electron chi connectivity index (χ3n) is 4.03. The number of aliphatic hydroxyl groups is 1. The maximum atomic E-state index is 12.4. The van der Waals surface area contributed by atoms with Gasteiger partial charge in [-0.25, -0.2) is 0 Å². The molecule has 100 valence electrons. The maximum Gasteiger partial charge on any atom is 0.232 e. The van der Waals surface area contributed by atoms with Crippen molar-refractivity contribution in [2.45, 2.75) is 19.1 Å². The molecule has 1 heterocycles. The van der Waals surface area contributed by atoms with Crippen LogP contribution in [0.1, 0.15) is 12.8 Å². The van der Waals surface area contributed by atoms with E-state index >= 15 is 0 Å². The van der Waals surface area contributed by atoms with Crippen molar-refractivity contribution in [1.82, 2.24) is 0 Å². The summed E-state index contributed by atoms with van der Waals surface area (Å²) in [6.45, 7) is 0. The quantitative estimate of drug-likeness (QED) is 0.826. The first-order valence-electron chi connectivity index (χ1n) is 6.52. The SMILES string of the molecule is COc1ccc(N2C(=O)[C@H]3CC=CC[C@H]3C2O)cc1. The molecule has 1 saturated heterocycles. The van der Waals surface area contributed by atoms with Crippen LogP contribution >= 0.6 is 0 Å². The van der Waals surface area contributed by atoms with Gasteiger partial charge in [0.15, 0.2) is 0 Å². The average Bonchev–Trinajstić information content (AvgIpc) is 2.72. The molecule has 1 aliphatic carbocycles. The Morgan fingerprint density at radius 3 is 2.53 bits per heavy atom. The lowest BCUT2D eigenvalue weighted by atomic mass is 9.85. The van der Waals surface area contributed by atoms with E-state index in [1.807, 2.05) is 18.2 Å². The molecule has 3 rings (SSSR count). The lowest BCUT2D eigenvalue weighted by Gasteiger charge is -2.23. The normalized spacial score (nSPS) is 29.5. The van der Waals surface area contributed by atoms with E-state index in [-0.39, 0.29) is 17.7 Å². The topological polar surface area (TPSA) is 49.8 Å². The van der Waals surface area contributed by atoms with E-state index in [1.165, 1.54) is 4.90 Å². The minimum absolute atomic E-state index is 0.0135. The molecule has 0 radical (unpaired) electrons. The first-order chi connectivity index (χ1) is 9.22. The highest BCUT2D eigenvalue weighted by Gasteiger charge is 2.47. The molecule has 1 aromatic rings. The van der Waals surface area contributed by atoms with Gasteiger partial charge >= 0.3 is 0 Å². The highest BCUT2D eigenvalue weighted by Crippen LogP contribution is 2.40. The van der Waals surface area contributed by atoms with Gasteiger partial charge in [0.05, 0.1) is 7.11 Å². The number of anilines is 1. The number of carbonyl (C=O) groups is 1. The van der Waals surface area contributed by atoms with Gasteiger partial charge in [-0.3, -0.25) is 9.69 Å². The Balaban J connectivity index is 1.90. The second-order valence-electron chi connectivity index (χ2n) is 5.03. The number of hydrogen-bond acceptors (Lipinski definition) is 3. The van der Waals surface area contributed by atoms with Gasteiger partial charge in [-0.1, -0.05) is 12.2 Å². The zero-order chi connectivity index (χ0) is 13.4. The fraction of sp³-hybridized carbons (Fsp3) is 0.400. The summed E-state index contributed by atoms with van der Waals surface area (Å²) in [4.78, 5) is 13.9. The predicted octanol–water partition coefficient (Wildman–Crippen LogP) is 1.94. The van der Waals surface area contributed by atoms with Gasteiger partial charge in [0.25, 0.3) is 0 Å². The Morgan fingerprint density at radius 2 is 1.89 bits per heavy atom. The lowest BCUT2D eigenvalue weighted by Crippen LogP contribution is -2.35. The van der Waals surface area contributed by atoms with Crippen LogP contribution in [-0.4, -0.2) is 24.4 Å². The third kappa shape index (κ3) is 1.92. The lowest BCUT2D eigenvalue weighted by molar-refractivity contribution is -0.121. The molecule has 1 N–H and O–H groups in total. The van der Waals surface area contributed by atoms with Crippen molar-refractivity contribution in [3.63, 3.8) is 0 Å². The summed E-state index contributed by atoms with van der Waals surface area (Å²) < 4.78 is 5.10. The number of benzene rings is 1. The zero-order valence-electron chi connectivity index (χ0n) is 10.8. The van der Waals surface area contributed by atoms with E-state index in [1.54, 1.807) is 19.2 Å². The van der Waals surface area contributed by atoms with Gasteiger partial charge in [0.2, 0.25) is 5.91 Å². The number of allylic oxidation sites excluding steroid dienone is 2. The van der Waals surface area contributed by atoms with Gasteiger partial charge in [0.1, 0.15) is 12.0 Å². The van der Waals surface area contributed by atoms with E-state index in [4.69, 9.17) is 4.74 Å². The molecule has 0 aromatic heterocycles. The number of rotatable bonds is 2. The van der Waals surface area contributed by atoms with Crippen molar-refractivity contribution < 1.29 is 14.6 Å². The van der Waals surface area contributed by atoms with Crippen LogP contribution in [-0.2, 0) is 4.79 Å². The van der Waals surface area contributed by atoms with Crippen LogP contribution in [0.3, 0.4) is 0 Å². The molecule has 4 nitrogen and oxygen atoms in total. The molecule has 0 bridgehead atoms. The van der Waals surface area contributed by atoms with E-state index in [0.717, 1.165) is 24.3 Å². The summed E-state index contributed by atoms with van der Waals surface area (Å²) in [6, 6.07) is 7.22. The van der Waals surface area contributed by atoms with E-state index < -0.39 is 6.23 Å². The Kier molecular flexibility index (Phi) is 3.03. The molecular formula is C15H17NO3. The minimum atomic E-state index is -0.726. The number of methoxy groups -OCH3 is 1. The monoisotopic (exact) mass is 259 g/mol.